The Balaban J connectivity index is 3.26. The van der Waals surface area contributed by atoms with E-state index in [0.717, 1.165) is 7.11 Å². The van der Waals surface area contributed by atoms with Crippen molar-refractivity contribution in [3.05, 3.63) is 55.1 Å². The number of amides is 5. The van der Waals surface area contributed by atoms with Gasteiger partial charge in [0.2, 0.25) is 17.8 Å². The van der Waals surface area contributed by atoms with Crippen LogP contribution >= 0.6 is 22.6 Å². The average Bonchev–Trinajstić information content (AvgIpc) is 3.08. The maximum absolute atomic E-state index is 13.7. The van der Waals surface area contributed by atoms with Gasteiger partial charge >= 0.3 is 24.2 Å². The number of nitrogens with zero attached hydrogens (tertiary/aromatic N) is 1. The number of ether oxygens (including phenoxy) is 5. The Labute approximate surface area is 336 Å². The van der Waals surface area contributed by atoms with Crippen LogP contribution in [0.1, 0.15) is 72.8 Å². The van der Waals surface area contributed by atoms with E-state index < -0.39 is 65.4 Å². The molecule has 0 heterocycles. The topological polar surface area (TPSA) is 221 Å². The number of alkyl halides is 1. The van der Waals surface area contributed by atoms with Crippen molar-refractivity contribution in [2.75, 3.05) is 20.8 Å². The fourth-order valence-electron chi connectivity index (χ4n) is 4.43. The number of unbranched alkanes of at least 4 members (excludes halogenated alkanes) is 1. The molecule has 17 nitrogen and oxygen atoms in total. The van der Waals surface area contributed by atoms with Crippen molar-refractivity contribution >= 4 is 64.6 Å². The molecule has 0 aliphatic carbocycles. The van der Waals surface area contributed by atoms with Crippen LogP contribution in [0, 0.1) is 0 Å². The van der Waals surface area contributed by atoms with Crippen molar-refractivity contribution in [1.29, 1.82) is 0 Å². The van der Waals surface area contributed by atoms with Crippen LogP contribution in [0.25, 0.3) is 0 Å². The van der Waals surface area contributed by atoms with Crippen LogP contribution in [0.5, 0.6) is 5.75 Å². The lowest BCUT2D eigenvalue weighted by molar-refractivity contribution is -0.145. The first kappa shape index (κ1) is 48.1. The average molecular weight is 887 g/mol. The van der Waals surface area contributed by atoms with Gasteiger partial charge in [0.25, 0.3) is 0 Å². The van der Waals surface area contributed by atoms with Crippen LogP contribution in [-0.4, -0.2) is 96.2 Å². The summed E-state index contributed by atoms with van der Waals surface area (Å²) in [6, 6.07) is 3.43. The first-order chi connectivity index (χ1) is 25.7. The maximum atomic E-state index is 13.7. The highest BCUT2D eigenvalue weighted by Gasteiger charge is 2.30. The molecule has 306 valence electrons. The number of hydrogen-bond acceptors (Lipinski definition) is 12. The number of carbonyl (C=O) groups excluding carboxylic acids is 6. The molecule has 0 aliphatic rings. The zero-order valence-corrected chi connectivity index (χ0v) is 34.9. The van der Waals surface area contributed by atoms with Crippen LogP contribution in [0.15, 0.2) is 54.6 Å². The number of rotatable bonds is 18. The lowest BCUT2D eigenvalue weighted by Crippen LogP contribution is -2.56. The van der Waals surface area contributed by atoms with Gasteiger partial charge in [-0.1, -0.05) is 24.8 Å². The molecule has 5 amide bonds. The summed E-state index contributed by atoms with van der Waals surface area (Å²) in [5, 5.41) is 12.6. The van der Waals surface area contributed by atoms with E-state index in [0.29, 0.717) is 17.7 Å². The molecule has 5 N–H and O–H groups in total. The van der Waals surface area contributed by atoms with Crippen LogP contribution in [-0.2, 0) is 39.8 Å². The molecule has 0 unspecified atom stereocenters. The SMILES string of the molecule is C=CC[C@H](NC(=O)[C@H](CCCCN=C(NC(=O)OC(C)(C)C)NC(=O)OC(C)(C)C)NC(=O)[C@H](Cc1ccc(O[C@H](I)C=C)cc1)NC(=O)OC)C(=O)OC. The first-order valence-corrected chi connectivity index (χ1v) is 18.6. The zero-order valence-electron chi connectivity index (χ0n) is 32.7. The van der Waals surface area contributed by atoms with Gasteiger partial charge in [-0.2, -0.15) is 0 Å². The predicted molar refractivity (Wildman–Crippen MR) is 214 cm³/mol. The molecule has 4 atom stereocenters. The summed E-state index contributed by atoms with van der Waals surface area (Å²) in [6.07, 6.45) is 1.22. The van der Waals surface area contributed by atoms with E-state index in [4.69, 9.17) is 23.7 Å². The predicted octanol–water partition coefficient (Wildman–Crippen LogP) is 4.57. The van der Waals surface area contributed by atoms with Crippen molar-refractivity contribution in [2.24, 2.45) is 4.99 Å². The molecule has 0 bridgehead atoms. The Morgan fingerprint density at radius 2 is 1.31 bits per heavy atom. The Morgan fingerprint density at radius 3 is 1.80 bits per heavy atom. The zero-order chi connectivity index (χ0) is 41.8. The summed E-state index contributed by atoms with van der Waals surface area (Å²) in [5.74, 6) is -1.76. The number of hydrogen-bond donors (Lipinski definition) is 5. The minimum atomic E-state index is -1.19. The van der Waals surface area contributed by atoms with Gasteiger partial charge in [-0.15, -0.1) is 6.58 Å². The highest BCUT2D eigenvalue weighted by Crippen LogP contribution is 2.18. The van der Waals surface area contributed by atoms with Crippen molar-refractivity contribution < 1.29 is 52.5 Å². The van der Waals surface area contributed by atoms with Crippen molar-refractivity contribution in [1.82, 2.24) is 26.6 Å². The molecule has 55 heavy (non-hydrogen) atoms. The number of carbonyl (C=O) groups is 6. The molecule has 1 aromatic rings. The molecule has 18 heteroatoms. The number of nitrogens with one attached hydrogen (secondary N) is 5. The van der Waals surface area contributed by atoms with E-state index in [-0.39, 0.29) is 42.3 Å². The molecule has 0 spiro atoms. The Morgan fingerprint density at radius 1 is 0.764 bits per heavy atom. The summed E-state index contributed by atoms with van der Waals surface area (Å²) < 4.78 is 25.5. The van der Waals surface area contributed by atoms with Gasteiger partial charge in [-0.3, -0.25) is 25.2 Å². The Hall–Kier alpha value is -4.88. The second-order valence-electron chi connectivity index (χ2n) is 13.9. The number of guanidine groups is 1. The van der Waals surface area contributed by atoms with Crippen molar-refractivity contribution in [3.8, 4) is 5.75 Å². The van der Waals surface area contributed by atoms with E-state index in [1.807, 2.05) is 0 Å². The summed E-state index contributed by atoms with van der Waals surface area (Å²) in [5.41, 5.74) is -0.984. The highest BCUT2D eigenvalue weighted by molar-refractivity contribution is 14.1. The maximum Gasteiger partial charge on any atom is 0.414 e. The quantitative estimate of drug-likeness (QED) is 0.0201. The van der Waals surface area contributed by atoms with Gasteiger partial charge in [0, 0.05) is 13.0 Å². The molecule has 0 radical (unpaired) electrons. The van der Waals surface area contributed by atoms with E-state index >= 15 is 0 Å². The number of methoxy groups -OCH3 is 2. The van der Waals surface area contributed by atoms with E-state index in [2.05, 4.69) is 67.3 Å². The second-order valence-corrected chi connectivity index (χ2v) is 15.1. The third-order valence-corrected chi connectivity index (χ3v) is 7.60. The summed E-state index contributed by atoms with van der Waals surface area (Å²) >= 11 is 2.07. The molecule has 0 aromatic heterocycles. The van der Waals surface area contributed by atoms with Crippen LogP contribution in [0.4, 0.5) is 14.4 Å². The summed E-state index contributed by atoms with van der Waals surface area (Å²) in [7, 11) is 2.33. The van der Waals surface area contributed by atoms with Crippen LogP contribution in [0.2, 0.25) is 0 Å². The molecule has 0 fully saturated rings. The van der Waals surface area contributed by atoms with Crippen molar-refractivity contribution in [3.63, 3.8) is 0 Å². The van der Waals surface area contributed by atoms with E-state index in [1.54, 1.807) is 71.9 Å². The van der Waals surface area contributed by atoms with E-state index in [1.165, 1.54) is 13.2 Å². The van der Waals surface area contributed by atoms with Crippen LogP contribution < -0.4 is 31.3 Å². The summed E-state index contributed by atoms with van der Waals surface area (Å²) in [4.78, 5) is 81.1. The van der Waals surface area contributed by atoms with Gasteiger partial charge in [0.15, 0.2) is 4.11 Å². The molecule has 0 aliphatic heterocycles. The van der Waals surface area contributed by atoms with Gasteiger partial charge in [0.1, 0.15) is 35.1 Å². The fraction of sp³-hybridized carbons (Fsp3) is 0.541. The molecule has 1 aromatic carbocycles. The molecular formula is C37H55IN6O11. The minimum Gasteiger partial charge on any atom is -0.476 e. The smallest absolute Gasteiger partial charge is 0.414 e. The first-order valence-electron chi connectivity index (χ1n) is 17.4. The van der Waals surface area contributed by atoms with Gasteiger partial charge in [-0.05, 0) is 114 Å². The van der Waals surface area contributed by atoms with Gasteiger partial charge < -0.3 is 39.6 Å². The molecule has 0 saturated carbocycles. The van der Waals surface area contributed by atoms with Crippen LogP contribution in [0.3, 0.4) is 0 Å². The third-order valence-electron chi connectivity index (χ3n) is 6.84. The monoisotopic (exact) mass is 886 g/mol. The van der Waals surface area contributed by atoms with E-state index in [9.17, 15) is 28.8 Å². The highest BCUT2D eigenvalue weighted by atomic mass is 127. The molecular weight excluding hydrogens is 831 g/mol. The Kier molecular flexibility index (Phi) is 20.8. The number of halogens is 1. The lowest BCUT2D eigenvalue weighted by atomic mass is 10.0. The molecule has 1 rings (SSSR count). The normalized spacial score (nSPS) is 13.2. The number of esters is 1. The number of alkyl carbamates (subject to hydrolysis) is 3. The number of benzene rings is 1. The number of aliphatic imine (C=N–C) groups is 1. The minimum absolute atomic E-state index is 0.0265. The second kappa shape index (κ2) is 23.8. The third kappa shape index (κ3) is 21.0. The summed E-state index contributed by atoms with van der Waals surface area (Å²) in [6.45, 7) is 17.4. The lowest BCUT2D eigenvalue weighted by Gasteiger charge is -2.24. The van der Waals surface area contributed by atoms with Gasteiger partial charge in [0.05, 0.1) is 14.2 Å². The molecule has 0 saturated heterocycles. The van der Waals surface area contributed by atoms with Gasteiger partial charge in [-0.25, -0.2) is 19.2 Å². The standard InChI is InChI=1S/C37H55IN6O11/c1-11-15-26(31(47)51-9)41-29(45)25(16-13-14-21-39-32(43-34(49)54-36(3,4)5)44-35(50)55-37(6,7)8)40-30(46)27(42-33(48)52-10)22-23-17-19-24(20-18-23)53-28(38)12-2/h11-12,17-20,25-28H,1-2,13-16,21-22H2,3-10H3,(H,40,46)(H,41,45)(H,42,48)(H2,39,43,44,49,50)/t25-,26-,27-,28-/m0/s1. The Bertz CT molecular complexity index is 1470. The fourth-order valence-corrected chi connectivity index (χ4v) is 4.72. The largest absolute Gasteiger partial charge is 0.476 e. The van der Waals surface area contributed by atoms with Crippen molar-refractivity contribution in [2.45, 2.75) is 107 Å².